The van der Waals surface area contributed by atoms with Gasteiger partial charge in [0.25, 0.3) is 0 Å². The van der Waals surface area contributed by atoms with Gasteiger partial charge in [-0.15, -0.1) is 0 Å². The first-order valence-corrected chi connectivity index (χ1v) is 7.85. The molecule has 0 aliphatic carbocycles. The van der Waals surface area contributed by atoms with Gasteiger partial charge in [0.1, 0.15) is 5.75 Å². The second-order valence-electron chi connectivity index (χ2n) is 5.61. The fourth-order valence-electron chi connectivity index (χ4n) is 2.63. The summed E-state index contributed by atoms with van der Waals surface area (Å²) in [4.78, 5) is 2.30. The fraction of sp³-hybridized carbons (Fsp3) is 0.625. The Labute approximate surface area is 131 Å². The SMILES string of the molecule is CCC(C)(C(Cc1cc(Br)ccc1OC)NC)N(C)C. The van der Waals surface area contributed by atoms with Crippen molar-refractivity contribution >= 4 is 15.9 Å². The highest BCUT2D eigenvalue weighted by Gasteiger charge is 2.34. The average molecular weight is 343 g/mol. The van der Waals surface area contributed by atoms with Crippen LogP contribution in [0, 0.1) is 0 Å². The van der Waals surface area contributed by atoms with E-state index in [1.807, 2.05) is 19.2 Å². The van der Waals surface area contributed by atoms with Crippen LogP contribution in [0.25, 0.3) is 0 Å². The molecule has 0 aliphatic rings. The van der Waals surface area contributed by atoms with Gasteiger partial charge in [-0.2, -0.15) is 0 Å². The van der Waals surface area contributed by atoms with E-state index >= 15 is 0 Å². The second kappa shape index (κ2) is 7.43. The van der Waals surface area contributed by atoms with Crippen molar-refractivity contribution in [2.75, 3.05) is 28.3 Å². The van der Waals surface area contributed by atoms with Crippen LogP contribution >= 0.6 is 15.9 Å². The first kappa shape index (κ1) is 17.5. The number of methoxy groups -OCH3 is 1. The van der Waals surface area contributed by atoms with Gasteiger partial charge >= 0.3 is 0 Å². The highest BCUT2D eigenvalue weighted by Crippen LogP contribution is 2.29. The second-order valence-corrected chi connectivity index (χ2v) is 6.52. The van der Waals surface area contributed by atoms with Crippen LogP contribution in [-0.4, -0.2) is 44.7 Å². The van der Waals surface area contributed by atoms with Crippen molar-refractivity contribution in [3.05, 3.63) is 28.2 Å². The molecule has 1 rings (SSSR count). The van der Waals surface area contributed by atoms with E-state index in [0.717, 1.165) is 23.1 Å². The van der Waals surface area contributed by atoms with Gasteiger partial charge in [-0.25, -0.2) is 0 Å². The number of nitrogens with zero attached hydrogens (tertiary/aromatic N) is 1. The number of hydrogen-bond acceptors (Lipinski definition) is 3. The molecule has 0 fully saturated rings. The minimum Gasteiger partial charge on any atom is -0.496 e. The third kappa shape index (κ3) is 3.74. The largest absolute Gasteiger partial charge is 0.496 e. The minimum absolute atomic E-state index is 0.0993. The van der Waals surface area contributed by atoms with E-state index in [1.54, 1.807) is 7.11 Å². The van der Waals surface area contributed by atoms with Crippen LogP contribution in [0.2, 0.25) is 0 Å². The van der Waals surface area contributed by atoms with Crippen LogP contribution in [0.15, 0.2) is 22.7 Å². The van der Waals surface area contributed by atoms with Crippen molar-refractivity contribution in [2.45, 2.75) is 38.3 Å². The molecule has 20 heavy (non-hydrogen) atoms. The first-order chi connectivity index (χ1) is 9.38. The molecule has 3 nitrogen and oxygen atoms in total. The summed E-state index contributed by atoms with van der Waals surface area (Å²) < 4.78 is 6.58. The molecule has 0 bridgehead atoms. The van der Waals surface area contributed by atoms with E-state index in [2.05, 4.69) is 60.2 Å². The molecular weight excluding hydrogens is 316 g/mol. The lowest BCUT2D eigenvalue weighted by molar-refractivity contribution is 0.116. The summed E-state index contributed by atoms with van der Waals surface area (Å²) in [6, 6.07) is 6.53. The first-order valence-electron chi connectivity index (χ1n) is 7.06. The Balaban J connectivity index is 3.07. The van der Waals surface area contributed by atoms with Gasteiger partial charge in [0.05, 0.1) is 7.11 Å². The molecule has 2 unspecified atom stereocenters. The van der Waals surface area contributed by atoms with Gasteiger partial charge in [-0.3, -0.25) is 0 Å². The van der Waals surface area contributed by atoms with E-state index < -0.39 is 0 Å². The van der Waals surface area contributed by atoms with Crippen LogP contribution in [0.5, 0.6) is 5.75 Å². The molecule has 0 saturated heterocycles. The number of nitrogens with one attached hydrogen (secondary N) is 1. The Morgan fingerprint density at radius 2 is 2.05 bits per heavy atom. The number of ether oxygens (including phenoxy) is 1. The molecule has 2 atom stereocenters. The van der Waals surface area contributed by atoms with Crippen molar-refractivity contribution in [1.29, 1.82) is 0 Å². The zero-order valence-electron chi connectivity index (χ0n) is 13.5. The Morgan fingerprint density at radius 1 is 1.40 bits per heavy atom. The van der Waals surface area contributed by atoms with Crippen LogP contribution in [0.4, 0.5) is 0 Å². The number of hydrogen-bond donors (Lipinski definition) is 1. The third-order valence-corrected chi connectivity index (χ3v) is 5.00. The lowest BCUT2D eigenvalue weighted by Crippen LogP contribution is -2.56. The Kier molecular flexibility index (Phi) is 6.49. The van der Waals surface area contributed by atoms with E-state index in [1.165, 1.54) is 5.56 Å². The van der Waals surface area contributed by atoms with Crippen molar-refractivity contribution in [1.82, 2.24) is 10.2 Å². The van der Waals surface area contributed by atoms with Crippen molar-refractivity contribution in [3.63, 3.8) is 0 Å². The molecule has 0 heterocycles. The zero-order valence-corrected chi connectivity index (χ0v) is 15.0. The van der Waals surface area contributed by atoms with Gasteiger partial charge < -0.3 is 15.0 Å². The highest BCUT2D eigenvalue weighted by molar-refractivity contribution is 9.10. The van der Waals surface area contributed by atoms with E-state index in [9.17, 15) is 0 Å². The summed E-state index contributed by atoms with van der Waals surface area (Å²) >= 11 is 3.55. The number of benzene rings is 1. The Morgan fingerprint density at radius 3 is 2.50 bits per heavy atom. The standard InChI is InChI=1S/C16H27BrN2O/c1-7-16(2,19(4)5)15(18-3)11-12-10-13(17)8-9-14(12)20-6/h8-10,15,18H,7,11H2,1-6H3. The molecule has 4 heteroatoms. The maximum Gasteiger partial charge on any atom is 0.122 e. The quantitative estimate of drug-likeness (QED) is 0.822. The van der Waals surface area contributed by atoms with Crippen molar-refractivity contribution in [2.24, 2.45) is 0 Å². The lowest BCUT2D eigenvalue weighted by Gasteiger charge is -2.43. The molecule has 0 saturated carbocycles. The van der Waals surface area contributed by atoms with Crippen LogP contribution < -0.4 is 10.1 Å². The smallest absolute Gasteiger partial charge is 0.122 e. The summed E-state index contributed by atoms with van der Waals surface area (Å²) in [5.74, 6) is 0.950. The molecule has 0 aromatic heterocycles. The molecule has 114 valence electrons. The highest BCUT2D eigenvalue weighted by atomic mass is 79.9. The minimum atomic E-state index is 0.0993. The van der Waals surface area contributed by atoms with Gasteiger partial charge in [0, 0.05) is 16.1 Å². The van der Waals surface area contributed by atoms with Crippen molar-refractivity contribution in [3.8, 4) is 5.75 Å². The summed E-state index contributed by atoms with van der Waals surface area (Å²) in [6.07, 6.45) is 2.02. The molecule has 1 aromatic rings. The van der Waals surface area contributed by atoms with E-state index in [0.29, 0.717) is 6.04 Å². The number of rotatable bonds is 7. The third-order valence-electron chi connectivity index (χ3n) is 4.50. The number of halogens is 1. The van der Waals surface area contributed by atoms with Crippen LogP contribution in [0.3, 0.4) is 0 Å². The Bertz CT molecular complexity index is 436. The maximum atomic E-state index is 5.49. The van der Waals surface area contributed by atoms with Gasteiger partial charge in [0.15, 0.2) is 0 Å². The zero-order chi connectivity index (χ0) is 15.3. The molecule has 0 radical (unpaired) electrons. The lowest BCUT2D eigenvalue weighted by atomic mass is 9.84. The predicted molar refractivity (Wildman–Crippen MR) is 89.6 cm³/mol. The normalized spacial score (nSPS) is 16.0. The molecule has 1 N–H and O–H groups in total. The van der Waals surface area contributed by atoms with E-state index in [-0.39, 0.29) is 5.54 Å². The topological polar surface area (TPSA) is 24.5 Å². The van der Waals surface area contributed by atoms with Crippen LogP contribution in [-0.2, 0) is 6.42 Å². The summed E-state index contributed by atoms with van der Waals surface area (Å²) in [5.41, 5.74) is 1.32. The maximum absolute atomic E-state index is 5.49. The monoisotopic (exact) mass is 342 g/mol. The van der Waals surface area contributed by atoms with Crippen molar-refractivity contribution < 1.29 is 4.74 Å². The summed E-state index contributed by atoms with van der Waals surface area (Å²) in [5, 5.41) is 3.48. The fourth-order valence-corrected chi connectivity index (χ4v) is 3.04. The molecule has 0 spiro atoms. The Hall–Kier alpha value is -0.580. The summed E-state index contributed by atoms with van der Waals surface area (Å²) in [6.45, 7) is 4.54. The van der Waals surface area contributed by atoms with Gasteiger partial charge in [-0.1, -0.05) is 22.9 Å². The molecule has 1 aromatic carbocycles. The number of likely N-dealkylation sites (N-methyl/N-ethyl adjacent to an activating group) is 2. The van der Waals surface area contributed by atoms with E-state index in [4.69, 9.17) is 4.74 Å². The van der Waals surface area contributed by atoms with Gasteiger partial charge in [-0.05, 0) is 64.7 Å². The molecule has 0 aliphatic heterocycles. The molecule has 0 amide bonds. The summed E-state index contributed by atoms with van der Waals surface area (Å²) in [7, 11) is 8.05. The van der Waals surface area contributed by atoms with Gasteiger partial charge in [0.2, 0.25) is 0 Å². The molecular formula is C16H27BrN2O. The average Bonchev–Trinajstić information content (AvgIpc) is 2.43. The van der Waals surface area contributed by atoms with Crippen LogP contribution in [0.1, 0.15) is 25.8 Å². The predicted octanol–water partition coefficient (Wildman–Crippen LogP) is 3.32.